The van der Waals surface area contributed by atoms with E-state index in [4.69, 9.17) is 9.47 Å². The Hall–Kier alpha value is -4.20. The fourth-order valence-electron chi connectivity index (χ4n) is 4.33. The van der Waals surface area contributed by atoms with Crippen molar-refractivity contribution in [2.75, 3.05) is 20.2 Å². The van der Waals surface area contributed by atoms with Crippen molar-refractivity contribution in [3.05, 3.63) is 96.0 Å². The summed E-state index contributed by atoms with van der Waals surface area (Å²) < 4.78 is 13.1. The summed E-state index contributed by atoms with van der Waals surface area (Å²) in [6.45, 7) is 3.76. The molecule has 1 saturated heterocycles. The van der Waals surface area contributed by atoms with E-state index in [1.165, 1.54) is 0 Å². The molecule has 1 aliphatic heterocycles. The Morgan fingerprint density at radius 3 is 2.66 bits per heavy atom. The zero-order valence-electron chi connectivity index (χ0n) is 19.8. The lowest BCUT2D eigenvalue weighted by Gasteiger charge is -2.19. The molecule has 1 amide bonds. The largest absolute Gasteiger partial charge is 0.497 e. The van der Waals surface area contributed by atoms with E-state index in [1.807, 2.05) is 77.2 Å². The van der Waals surface area contributed by atoms with Gasteiger partial charge in [0.2, 0.25) is 5.88 Å². The van der Waals surface area contributed by atoms with E-state index in [-0.39, 0.29) is 11.8 Å². The molecule has 0 saturated carbocycles. The first-order valence-corrected chi connectivity index (χ1v) is 11.6. The Morgan fingerprint density at radius 1 is 1.09 bits per heavy atom. The van der Waals surface area contributed by atoms with Gasteiger partial charge >= 0.3 is 0 Å². The van der Waals surface area contributed by atoms with Crippen molar-refractivity contribution in [3.63, 3.8) is 0 Å². The SMILES string of the molecule is COc1ccc(Oc2cc(C)nc(C3CCN(C(=O)c4ccccc4Cn4ccnc4)C3)n2)cc1. The van der Waals surface area contributed by atoms with Gasteiger partial charge in [-0.2, -0.15) is 4.98 Å². The third-order valence-electron chi connectivity index (χ3n) is 6.13. The quantitative estimate of drug-likeness (QED) is 0.397. The molecule has 3 heterocycles. The number of nitrogens with zero attached hydrogens (tertiary/aromatic N) is 5. The summed E-state index contributed by atoms with van der Waals surface area (Å²) in [6.07, 6.45) is 6.20. The van der Waals surface area contributed by atoms with Gasteiger partial charge in [0.05, 0.1) is 13.4 Å². The molecular formula is C27H27N5O3. The number of likely N-dealkylation sites (tertiary alicyclic amines) is 1. The molecule has 4 aromatic rings. The molecule has 1 aliphatic rings. The van der Waals surface area contributed by atoms with Crippen LogP contribution in [0.4, 0.5) is 0 Å². The van der Waals surface area contributed by atoms with E-state index in [1.54, 1.807) is 19.6 Å². The van der Waals surface area contributed by atoms with Crippen molar-refractivity contribution in [3.8, 4) is 17.4 Å². The summed E-state index contributed by atoms with van der Waals surface area (Å²) in [6, 6.07) is 16.9. The number of rotatable bonds is 7. The maximum absolute atomic E-state index is 13.4. The van der Waals surface area contributed by atoms with Gasteiger partial charge in [-0.1, -0.05) is 18.2 Å². The number of methoxy groups -OCH3 is 1. The summed E-state index contributed by atoms with van der Waals surface area (Å²) in [5.74, 6) is 2.72. The maximum atomic E-state index is 13.4. The standard InChI is InChI=1S/C27H27N5O3/c1-19-15-25(35-23-9-7-22(34-2)8-10-23)30-26(29-19)21-11-13-32(17-21)27(33)24-6-4-3-5-20(24)16-31-14-12-28-18-31/h3-10,12,14-15,18,21H,11,13,16-17H2,1-2H3. The van der Waals surface area contributed by atoms with Gasteiger partial charge in [-0.15, -0.1) is 0 Å². The molecule has 8 heteroatoms. The Kier molecular flexibility index (Phi) is 6.43. The summed E-state index contributed by atoms with van der Waals surface area (Å²) in [5.41, 5.74) is 2.52. The summed E-state index contributed by atoms with van der Waals surface area (Å²) in [7, 11) is 1.63. The topological polar surface area (TPSA) is 82.4 Å². The van der Waals surface area contributed by atoms with Gasteiger partial charge in [-0.05, 0) is 49.2 Å². The number of aromatic nitrogens is 4. The second-order valence-corrected chi connectivity index (χ2v) is 8.61. The zero-order valence-corrected chi connectivity index (χ0v) is 19.8. The van der Waals surface area contributed by atoms with Crippen molar-refractivity contribution in [1.82, 2.24) is 24.4 Å². The van der Waals surface area contributed by atoms with Crippen molar-refractivity contribution >= 4 is 5.91 Å². The smallest absolute Gasteiger partial charge is 0.254 e. The second-order valence-electron chi connectivity index (χ2n) is 8.61. The molecule has 5 rings (SSSR count). The highest BCUT2D eigenvalue weighted by Crippen LogP contribution is 2.29. The van der Waals surface area contributed by atoms with Gasteiger partial charge < -0.3 is 18.9 Å². The van der Waals surface area contributed by atoms with Gasteiger partial charge in [0.25, 0.3) is 5.91 Å². The molecule has 2 aromatic heterocycles. The van der Waals surface area contributed by atoms with Gasteiger partial charge in [0, 0.05) is 55.3 Å². The zero-order chi connectivity index (χ0) is 24.2. The van der Waals surface area contributed by atoms with Gasteiger partial charge in [0.15, 0.2) is 0 Å². The van der Waals surface area contributed by atoms with Gasteiger partial charge in [-0.25, -0.2) is 9.97 Å². The monoisotopic (exact) mass is 469 g/mol. The molecule has 0 N–H and O–H groups in total. The Labute approximate surface area is 204 Å². The predicted octanol–water partition coefficient (Wildman–Crippen LogP) is 4.46. The fourth-order valence-corrected chi connectivity index (χ4v) is 4.33. The molecule has 0 bridgehead atoms. The van der Waals surface area contributed by atoms with E-state index in [9.17, 15) is 4.79 Å². The summed E-state index contributed by atoms with van der Waals surface area (Å²) in [4.78, 5) is 28.8. The molecule has 8 nitrogen and oxygen atoms in total. The van der Waals surface area contributed by atoms with Crippen LogP contribution in [0, 0.1) is 6.92 Å². The van der Waals surface area contributed by atoms with E-state index in [2.05, 4.69) is 15.0 Å². The van der Waals surface area contributed by atoms with Crippen molar-refractivity contribution in [2.24, 2.45) is 0 Å². The highest BCUT2D eigenvalue weighted by molar-refractivity contribution is 5.96. The second kappa shape index (κ2) is 9.97. The Balaban J connectivity index is 1.30. The van der Waals surface area contributed by atoms with Gasteiger partial charge in [-0.3, -0.25) is 4.79 Å². The molecule has 0 spiro atoms. The van der Waals surface area contributed by atoms with E-state index >= 15 is 0 Å². The third-order valence-corrected chi connectivity index (χ3v) is 6.13. The van der Waals surface area contributed by atoms with Crippen LogP contribution in [0.3, 0.4) is 0 Å². The van der Waals surface area contributed by atoms with Crippen LogP contribution in [0.25, 0.3) is 0 Å². The van der Waals surface area contributed by atoms with Crippen LogP contribution >= 0.6 is 0 Å². The third kappa shape index (κ3) is 5.16. The minimum absolute atomic E-state index is 0.0329. The van der Waals surface area contributed by atoms with Crippen LogP contribution in [0.2, 0.25) is 0 Å². The van der Waals surface area contributed by atoms with Crippen LogP contribution < -0.4 is 9.47 Å². The normalized spacial score (nSPS) is 15.3. The number of amides is 1. The molecule has 0 aliphatic carbocycles. The molecule has 1 atom stereocenters. The van der Waals surface area contributed by atoms with Crippen LogP contribution in [-0.2, 0) is 6.54 Å². The first kappa shape index (κ1) is 22.6. The minimum atomic E-state index is 0.0329. The Morgan fingerprint density at radius 2 is 1.89 bits per heavy atom. The molecule has 1 fully saturated rings. The molecule has 0 radical (unpaired) electrons. The molecule has 178 valence electrons. The van der Waals surface area contributed by atoms with E-state index < -0.39 is 0 Å². The lowest BCUT2D eigenvalue weighted by molar-refractivity contribution is 0.0789. The van der Waals surface area contributed by atoms with Crippen LogP contribution in [0.1, 0.15) is 39.8 Å². The van der Waals surface area contributed by atoms with Crippen molar-refractivity contribution in [2.45, 2.75) is 25.8 Å². The van der Waals surface area contributed by atoms with E-state index in [0.29, 0.717) is 37.1 Å². The minimum Gasteiger partial charge on any atom is -0.497 e. The summed E-state index contributed by atoms with van der Waals surface area (Å²) in [5, 5.41) is 0. The van der Waals surface area contributed by atoms with Crippen molar-refractivity contribution in [1.29, 1.82) is 0 Å². The molecule has 1 unspecified atom stereocenters. The highest BCUT2D eigenvalue weighted by Gasteiger charge is 2.31. The number of hydrogen-bond donors (Lipinski definition) is 0. The first-order valence-electron chi connectivity index (χ1n) is 11.6. The van der Waals surface area contributed by atoms with Crippen LogP contribution in [0.15, 0.2) is 73.3 Å². The number of carbonyl (C=O) groups excluding carboxylic acids is 1. The first-order chi connectivity index (χ1) is 17.1. The number of aryl methyl sites for hydroxylation is 1. The lowest BCUT2D eigenvalue weighted by Crippen LogP contribution is -2.29. The predicted molar refractivity (Wildman–Crippen MR) is 131 cm³/mol. The highest BCUT2D eigenvalue weighted by atomic mass is 16.5. The summed E-state index contributed by atoms with van der Waals surface area (Å²) >= 11 is 0. The van der Waals surface area contributed by atoms with E-state index in [0.717, 1.165) is 29.0 Å². The Bertz CT molecular complexity index is 1300. The lowest BCUT2D eigenvalue weighted by atomic mass is 10.1. The molecule has 35 heavy (non-hydrogen) atoms. The maximum Gasteiger partial charge on any atom is 0.254 e. The molecular weight excluding hydrogens is 442 g/mol. The number of imidazole rings is 1. The van der Waals surface area contributed by atoms with Crippen LogP contribution in [-0.4, -0.2) is 50.5 Å². The average Bonchev–Trinajstić information content (AvgIpc) is 3.57. The number of carbonyl (C=O) groups is 1. The van der Waals surface area contributed by atoms with Crippen molar-refractivity contribution < 1.29 is 14.3 Å². The average molecular weight is 470 g/mol. The fraction of sp³-hybridized carbons (Fsp3) is 0.259. The molecule has 2 aromatic carbocycles. The number of benzene rings is 2. The number of ether oxygens (including phenoxy) is 2. The van der Waals surface area contributed by atoms with Crippen LogP contribution in [0.5, 0.6) is 17.4 Å². The van der Waals surface area contributed by atoms with Gasteiger partial charge in [0.1, 0.15) is 17.3 Å². The number of hydrogen-bond acceptors (Lipinski definition) is 6.